The number of carbonyl (C=O) groups excluding carboxylic acids is 2. The van der Waals surface area contributed by atoms with Crippen LogP contribution in [-0.2, 0) is 14.3 Å². The second-order valence-corrected chi connectivity index (χ2v) is 10.6. The van der Waals surface area contributed by atoms with Gasteiger partial charge in [-0.1, -0.05) is 63.6 Å². The summed E-state index contributed by atoms with van der Waals surface area (Å²) in [5, 5.41) is 22.5. The molecule has 1 atom stereocenters. The molecule has 0 N–H and O–H groups in total. The maximum Gasteiger partial charge on any atom is 0.305 e. The van der Waals surface area contributed by atoms with Gasteiger partial charge in [-0.2, -0.15) is 9.84 Å². The van der Waals surface area contributed by atoms with E-state index < -0.39 is 0 Å². The molecular weight excluding hydrogens is 514 g/mol. The second kappa shape index (κ2) is 13.9. The van der Waals surface area contributed by atoms with Crippen molar-refractivity contribution < 1.29 is 24.0 Å². The summed E-state index contributed by atoms with van der Waals surface area (Å²) in [5.41, 5.74) is 4.57. The van der Waals surface area contributed by atoms with E-state index in [1.54, 1.807) is 19.1 Å². The standard InChI is InChI=1S/C34H39N3O4/c1-4-7-11-24(5-2)22-37-23-28(27-12-8-9-13-29(27)37)32-33(39)31(34(32)40)25-14-16-26(17-15-25)36(19-10-18-35)20-21-41-30(38)6-3/h8-9,12-17,23-24H,4-7,10-11,19-22H2,1-3H3. The molecule has 0 bridgehead atoms. The van der Waals surface area contributed by atoms with E-state index in [-0.39, 0.29) is 35.3 Å². The molecule has 2 aromatic carbocycles. The second-order valence-electron chi connectivity index (χ2n) is 10.6. The number of Topliss-reactive ketones (excluding diaryl/α,β-unsaturated/α-hetero) is 1. The molecule has 0 fully saturated rings. The molecule has 0 aromatic heterocycles. The van der Waals surface area contributed by atoms with E-state index in [0.717, 1.165) is 36.3 Å². The van der Waals surface area contributed by atoms with Crippen LogP contribution in [0, 0.1) is 17.2 Å². The summed E-state index contributed by atoms with van der Waals surface area (Å²) >= 11 is 0. The maximum atomic E-state index is 13.4. The molecule has 7 heteroatoms. The minimum absolute atomic E-state index is 0.207. The molecule has 1 heterocycles. The van der Waals surface area contributed by atoms with Crippen LogP contribution in [0.2, 0.25) is 0 Å². The van der Waals surface area contributed by atoms with E-state index in [4.69, 9.17) is 10.00 Å². The highest BCUT2D eigenvalue weighted by atomic mass is 16.5. The molecule has 214 valence electrons. The molecular formula is C34H39N3O4. The molecule has 41 heavy (non-hydrogen) atoms. The Bertz CT molecular complexity index is 1410. The molecule has 0 radical (unpaired) electrons. The number of ether oxygens (including phenoxy) is 1. The van der Waals surface area contributed by atoms with E-state index in [0.29, 0.717) is 43.0 Å². The first-order valence-corrected chi connectivity index (χ1v) is 14.7. The van der Waals surface area contributed by atoms with Crippen LogP contribution in [0.5, 0.6) is 0 Å². The molecule has 1 aliphatic heterocycles. The van der Waals surface area contributed by atoms with E-state index >= 15 is 0 Å². The quantitative estimate of drug-likeness (QED) is 0.176. The van der Waals surface area contributed by atoms with E-state index in [1.165, 1.54) is 12.8 Å². The Labute approximate surface area is 243 Å². The van der Waals surface area contributed by atoms with E-state index in [1.807, 2.05) is 41.4 Å². The van der Waals surface area contributed by atoms with Gasteiger partial charge >= 0.3 is 5.97 Å². The van der Waals surface area contributed by atoms with Gasteiger partial charge in [0.25, 0.3) is 0 Å². The van der Waals surface area contributed by atoms with Crippen molar-refractivity contribution in [3.05, 3.63) is 71.0 Å². The minimum Gasteiger partial charge on any atom is -0.871 e. The summed E-state index contributed by atoms with van der Waals surface area (Å²) in [6.07, 6.45) is 7.23. The number of nitriles is 1. The van der Waals surface area contributed by atoms with Crippen molar-refractivity contribution in [1.82, 2.24) is 0 Å². The number of hydrogen-bond donors (Lipinski definition) is 0. The van der Waals surface area contributed by atoms with Crippen molar-refractivity contribution in [2.24, 2.45) is 5.92 Å². The van der Waals surface area contributed by atoms with Crippen molar-refractivity contribution in [2.45, 2.75) is 59.3 Å². The zero-order valence-electron chi connectivity index (χ0n) is 24.3. The number of esters is 1. The van der Waals surface area contributed by atoms with Crippen molar-refractivity contribution in [2.75, 3.05) is 31.1 Å². The third-order valence-electron chi connectivity index (χ3n) is 7.89. The molecule has 0 saturated carbocycles. The van der Waals surface area contributed by atoms with Crippen LogP contribution in [0.1, 0.15) is 70.4 Å². The largest absolute Gasteiger partial charge is 0.871 e. The molecule has 0 saturated heterocycles. The molecule has 1 aliphatic carbocycles. The van der Waals surface area contributed by atoms with Crippen molar-refractivity contribution >= 4 is 40.5 Å². The predicted molar refractivity (Wildman–Crippen MR) is 160 cm³/mol. The molecule has 0 amide bonds. The third-order valence-corrected chi connectivity index (χ3v) is 7.89. The Morgan fingerprint density at radius 3 is 2.49 bits per heavy atom. The topological polar surface area (TPSA) is 96.5 Å². The maximum absolute atomic E-state index is 13.4. The first-order chi connectivity index (χ1) is 19.9. The van der Waals surface area contributed by atoms with Crippen molar-refractivity contribution in [3.63, 3.8) is 0 Å². The molecule has 4 rings (SSSR count). The highest BCUT2D eigenvalue weighted by Gasteiger charge is 2.37. The fraction of sp³-hybridized carbons (Fsp3) is 0.412. The van der Waals surface area contributed by atoms with Gasteiger partial charge in [-0.05, 0) is 36.6 Å². The average Bonchev–Trinajstić information content (AvgIpc) is 3.34. The number of rotatable bonds is 14. The zero-order valence-corrected chi connectivity index (χ0v) is 24.3. The zero-order chi connectivity index (χ0) is 29.4. The van der Waals surface area contributed by atoms with Crippen LogP contribution in [0.4, 0.5) is 11.4 Å². The van der Waals surface area contributed by atoms with E-state index in [2.05, 4.69) is 30.6 Å². The van der Waals surface area contributed by atoms with Gasteiger partial charge in [-0.25, -0.2) is 0 Å². The van der Waals surface area contributed by atoms with E-state index in [9.17, 15) is 14.7 Å². The molecule has 2 aliphatic rings. The van der Waals surface area contributed by atoms with Crippen LogP contribution < -0.4 is 10.0 Å². The van der Waals surface area contributed by atoms with Gasteiger partial charge in [0.2, 0.25) is 5.69 Å². The number of hydrogen-bond acceptors (Lipinski definition) is 6. The number of allylic oxidation sites excluding steroid dienone is 3. The average molecular weight is 554 g/mol. The minimum atomic E-state index is -0.268. The first-order valence-electron chi connectivity index (χ1n) is 14.7. The van der Waals surface area contributed by atoms with Crippen LogP contribution in [0.15, 0.2) is 59.9 Å². The Balaban J connectivity index is 1.58. The summed E-state index contributed by atoms with van der Waals surface area (Å²) in [5.74, 6) is -0.174. The van der Waals surface area contributed by atoms with Gasteiger partial charge in [0.1, 0.15) is 6.61 Å². The number of para-hydroxylation sites is 1. The lowest BCUT2D eigenvalue weighted by Crippen LogP contribution is -2.30. The highest BCUT2D eigenvalue weighted by molar-refractivity contribution is 6.44. The molecule has 7 nitrogen and oxygen atoms in total. The monoisotopic (exact) mass is 553 g/mol. The van der Waals surface area contributed by atoms with Crippen LogP contribution in [-0.4, -0.2) is 48.8 Å². The summed E-state index contributed by atoms with van der Waals surface area (Å²) in [6.45, 7) is 8.18. The summed E-state index contributed by atoms with van der Waals surface area (Å²) in [7, 11) is 0. The van der Waals surface area contributed by atoms with Gasteiger partial charge in [0.05, 0.1) is 30.2 Å². The Kier molecular flexibility index (Phi) is 10.1. The Morgan fingerprint density at radius 2 is 1.83 bits per heavy atom. The lowest BCUT2D eigenvalue weighted by molar-refractivity contribution is -0.441. The lowest BCUT2D eigenvalue weighted by Gasteiger charge is -2.31. The number of benzene rings is 2. The number of nitrogens with zero attached hydrogens (tertiary/aromatic N) is 3. The van der Waals surface area contributed by atoms with Gasteiger partial charge in [-0.3, -0.25) is 9.59 Å². The number of fused-ring (bicyclic) bond motifs is 1. The predicted octanol–water partition coefficient (Wildman–Crippen LogP) is 5.41. The van der Waals surface area contributed by atoms with Crippen LogP contribution in [0.3, 0.4) is 0 Å². The van der Waals surface area contributed by atoms with Gasteiger partial charge in [-0.15, -0.1) is 0 Å². The number of carbonyl (C=O) groups is 2. The molecule has 1 unspecified atom stereocenters. The lowest BCUT2D eigenvalue weighted by atomic mass is 9.80. The molecule has 0 spiro atoms. The highest BCUT2D eigenvalue weighted by Crippen LogP contribution is 2.42. The fourth-order valence-electron chi connectivity index (χ4n) is 5.46. The number of anilines is 1. The van der Waals surface area contributed by atoms with Crippen molar-refractivity contribution in [3.8, 4) is 6.07 Å². The smallest absolute Gasteiger partial charge is 0.305 e. The molecule has 2 aromatic rings. The van der Waals surface area contributed by atoms with Gasteiger partial charge < -0.3 is 14.7 Å². The summed E-state index contributed by atoms with van der Waals surface area (Å²) in [4.78, 5) is 26.9. The van der Waals surface area contributed by atoms with Gasteiger partial charge in [0, 0.05) is 41.8 Å². The van der Waals surface area contributed by atoms with Gasteiger partial charge in [0.15, 0.2) is 18.5 Å². The summed E-state index contributed by atoms with van der Waals surface area (Å²) < 4.78 is 7.42. The number of ketones is 1. The SMILES string of the molecule is CCCCC(CC)C[N+]1=C/C(=C2\C(=O)C(c3ccc(N(CCC#N)CCOC(=O)CC)cc3)=C2[O-])c2ccccc21. The fourth-order valence-corrected chi connectivity index (χ4v) is 5.46. The van der Waals surface area contributed by atoms with Crippen molar-refractivity contribution in [1.29, 1.82) is 5.26 Å². The first kappa shape index (κ1) is 29.8. The normalized spacial score (nSPS) is 16.5. The third kappa shape index (κ3) is 6.59. The summed E-state index contributed by atoms with van der Waals surface area (Å²) in [6, 6.07) is 17.4. The van der Waals surface area contributed by atoms with Crippen LogP contribution in [0.25, 0.3) is 11.1 Å². The Hall–Kier alpha value is -4.18. The van der Waals surface area contributed by atoms with Crippen LogP contribution >= 0.6 is 0 Å². The number of unbranched alkanes of at least 4 members (excludes halogenated alkanes) is 1. The Morgan fingerprint density at radius 1 is 1.07 bits per heavy atom.